The Balaban J connectivity index is 1.98. The molecule has 100 valence electrons. The summed E-state index contributed by atoms with van der Waals surface area (Å²) in [7, 11) is 0. The van der Waals surface area contributed by atoms with Gasteiger partial charge in [-0.25, -0.2) is 4.39 Å². The van der Waals surface area contributed by atoms with Crippen molar-refractivity contribution in [2.45, 2.75) is 13.1 Å². The lowest BCUT2D eigenvalue weighted by Gasteiger charge is -2.19. The molecule has 0 bridgehead atoms. The van der Waals surface area contributed by atoms with Crippen LogP contribution in [0.4, 0.5) is 15.8 Å². The van der Waals surface area contributed by atoms with Crippen LogP contribution < -0.4 is 10.6 Å². The minimum absolute atomic E-state index is 0.216. The molecule has 3 nitrogen and oxygen atoms in total. The fourth-order valence-corrected chi connectivity index (χ4v) is 2.88. The Hall–Kier alpha value is -2.06. The first kappa shape index (κ1) is 12.9. The molecule has 0 unspecified atom stereocenters. The third-order valence-electron chi connectivity index (χ3n) is 3.48. The first-order chi connectivity index (χ1) is 9.60. The number of halogens is 2. The van der Waals surface area contributed by atoms with E-state index in [2.05, 4.69) is 15.9 Å². The highest BCUT2D eigenvalue weighted by Gasteiger charge is 2.23. The van der Waals surface area contributed by atoms with Gasteiger partial charge < -0.3 is 10.6 Å². The number of benzene rings is 2. The lowest BCUT2D eigenvalue weighted by atomic mass is 10.1. The molecule has 0 atom stereocenters. The van der Waals surface area contributed by atoms with E-state index in [0.29, 0.717) is 30.0 Å². The number of nitrogen functional groups attached to an aromatic ring is 1. The van der Waals surface area contributed by atoms with E-state index in [9.17, 15) is 4.39 Å². The molecule has 20 heavy (non-hydrogen) atoms. The lowest BCUT2D eigenvalue weighted by Crippen LogP contribution is -2.16. The van der Waals surface area contributed by atoms with Crippen LogP contribution >= 0.6 is 15.9 Å². The Morgan fingerprint density at radius 1 is 1.20 bits per heavy atom. The lowest BCUT2D eigenvalue weighted by molar-refractivity contribution is 0.612. The first-order valence-corrected chi connectivity index (χ1v) is 6.90. The Kier molecular flexibility index (Phi) is 3.11. The zero-order valence-corrected chi connectivity index (χ0v) is 12.1. The van der Waals surface area contributed by atoms with E-state index in [1.807, 2.05) is 29.2 Å². The Bertz CT molecular complexity index is 737. The Morgan fingerprint density at radius 2 is 1.95 bits per heavy atom. The largest absolute Gasteiger partial charge is 0.399 e. The van der Waals surface area contributed by atoms with Crippen molar-refractivity contribution in [1.82, 2.24) is 0 Å². The van der Waals surface area contributed by atoms with Crippen molar-refractivity contribution in [2.24, 2.45) is 0 Å². The highest BCUT2D eigenvalue weighted by molar-refractivity contribution is 9.10. The molecule has 5 heteroatoms. The molecule has 0 aliphatic carbocycles. The zero-order valence-electron chi connectivity index (χ0n) is 10.5. The number of nitrogens with zero attached hydrogens (tertiary/aromatic N) is 2. The van der Waals surface area contributed by atoms with E-state index < -0.39 is 5.82 Å². The fraction of sp³-hybridized carbons (Fsp3) is 0.133. The second kappa shape index (κ2) is 4.80. The van der Waals surface area contributed by atoms with Crippen LogP contribution in [0, 0.1) is 17.1 Å². The van der Waals surface area contributed by atoms with Crippen LogP contribution in [0.15, 0.2) is 34.8 Å². The molecular weight excluding hydrogens is 321 g/mol. The smallest absolute Gasteiger partial charge is 0.162 e. The second-order valence-electron chi connectivity index (χ2n) is 4.76. The average Bonchev–Trinajstić information content (AvgIpc) is 2.84. The topological polar surface area (TPSA) is 53.0 Å². The van der Waals surface area contributed by atoms with Gasteiger partial charge in [0.25, 0.3) is 0 Å². The van der Waals surface area contributed by atoms with E-state index in [4.69, 9.17) is 11.0 Å². The summed E-state index contributed by atoms with van der Waals surface area (Å²) >= 11 is 3.14. The molecule has 1 heterocycles. The van der Waals surface area contributed by atoms with Gasteiger partial charge in [0.2, 0.25) is 0 Å². The van der Waals surface area contributed by atoms with Gasteiger partial charge in [0.1, 0.15) is 6.07 Å². The van der Waals surface area contributed by atoms with Gasteiger partial charge in [-0.3, -0.25) is 0 Å². The summed E-state index contributed by atoms with van der Waals surface area (Å²) in [4.78, 5) is 1.94. The van der Waals surface area contributed by atoms with Gasteiger partial charge in [-0.2, -0.15) is 5.26 Å². The molecule has 0 amide bonds. The minimum Gasteiger partial charge on any atom is -0.399 e. The second-order valence-corrected chi connectivity index (χ2v) is 5.55. The van der Waals surface area contributed by atoms with Crippen LogP contribution in [0.2, 0.25) is 0 Å². The van der Waals surface area contributed by atoms with E-state index in [-0.39, 0.29) is 4.47 Å². The number of fused-ring (bicyclic) bond motifs is 1. The molecule has 0 saturated heterocycles. The molecule has 2 aromatic rings. The van der Waals surface area contributed by atoms with Gasteiger partial charge in [0.15, 0.2) is 5.82 Å². The van der Waals surface area contributed by atoms with Gasteiger partial charge in [0, 0.05) is 18.8 Å². The number of nitrogens with two attached hydrogens (primary N) is 1. The number of hydrogen-bond acceptors (Lipinski definition) is 3. The van der Waals surface area contributed by atoms with Gasteiger partial charge in [-0.05, 0) is 51.3 Å². The first-order valence-electron chi connectivity index (χ1n) is 6.10. The average molecular weight is 332 g/mol. The summed E-state index contributed by atoms with van der Waals surface area (Å²) in [5, 5.41) is 8.90. The summed E-state index contributed by atoms with van der Waals surface area (Å²) in [5.74, 6) is -0.398. The standard InChI is InChI=1S/C15H11BrFN3/c16-14-9(6-18)2-4-13(15(14)17)20-7-10-1-3-12(19)5-11(10)8-20/h1-5H,7-8,19H2. The maximum Gasteiger partial charge on any atom is 0.162 e. The van der Waals surface area contributed by atoms with Gasteiger partial charge >= 0.3 is 0 Å². The van der Waals surface area contributed by atoms with Crippen molar-refractivity contribution < 1.29 is 4.39 Å². The van der Waals surface area contributed by atoms with E-state index >= 15 is 0 Å². The quantitative estimate of drug-likeness (QED) is 0.813. The third-order valence-corrected chi connectivity index (χ3v) is 4.25. The molecule has 0 radical (unpaired) electrons. The summed E-state index contributed by atoms with van der Waals surface area (Å²) in [5.41, 5.74) is 9.54. The number of nitriles is 1. The predicted octanol–water partition coefficient (Wildman–Crippen LogP) is 3.56. The number of anilines is 2. The van der Waals surface area contributed by atoms with Crippen molar-refractivity contribution in [1.29, 1.82) is 5.26 Å². The molecule has 2 aromatic carbocycles. The van der Waals surface area contributed by atoms with Crippen molar-refractivity contribution in [3.8, 4) is 6.07 Å². The van der Waals surface area contributed by atoms with Crippen LogP contribution in [0.1, 0.15) is 16.7 Å². The Morgan fingerprint density at radius 3 is 2.70 bits per heavy atom. The molecule has 1 aliphatic heterocycles. The van der Waals surface area contributed by atoms with Crippen LogP contribution in [0.25, 0.3) is 0 Å². The van der Waals surface area contributed by atoms with Crippen LogP contribution in [0.3, 0.4) is 0 Å². The van der Waals surface area contributed by atoms with E-state index in [0.717, 1.165) is 11.1 Å². The summed E-state index contributed by atoms with van der Waals surface area (Å²) in [6, 6.07) is 11.0. The van der Waals surface area contributed by atoms with Crippen molar-refractivity contribution in [3.63, 3.8) is 0 Å². The van der Waals surface area contributed by atoms with Gasteiger partial charge in [-0.15, -0.1) is 0 Å². The molecular formula is C15H11BrFN3. The highest BCUT2D eigenvalue weighted by Crippen LogP contribution is 2.34. The molecule has 1 aliphatic rings. The number of rotatable bonds is 1. The number of hydrogen-bond donors (Lipinski definition) is 1. The van der Waals surface area contributed by atoms with Crippen molar-refractivity contribution >= 4 is 27.3 Å². The summed E-state index contributed by atoms with van der Waals surface area (Å²) in [6.07, 6.45) is 0. The maximum absolute atomic E-state index is 14.3. The third kappa shape index (κ3) is 2.02. The molecule has 0 spiro atoms. The molecule has 0 fully saturated rings. The SMILES string of the molecule is N#Cc1ccc(N2Cc3ccc(N)cc3C2)c(F)c1Br. The summed E-state index contributed by atoms with van der Waals surface area (Å²) in [6.45, 7) is 1.26. The molecule has 2 N–H and O–H groups in total. The van der Waals surface area contributed by atoms with Gasteiger partial charge in [-0.1, -0.05) is 6.07 Å². The van der Waals surface area contributed by atoms with Crippen LogP contribution in [-0.4, -0.2) is 0 Å². The van der Waals surface area contributed by atoms with E-state index in [1.54, 1.807) is 12.1 Å². The minimum atomic E-state index is -0.398. The summed E-state index contributed by atoms with van der Waals surface area (Å²) < 4.78 is 14.6. The molecule has 0 saturated carbocycles. The molecule has 0 aromatic heterocycles. The van der Waals surface area contributed by atoms with E-state index in [1.165, 1.54) is 0 Å². The van der Waals surface area contributed by atoms with Gasteiger partial charge in [0.05, 0.1) is 15.7 Å². The normalized spacial score (nSPS) is 13.2. The highest BCUT2D eigenvalue weighted by atomic mass is 79.9. The van der Waals surface area contributed by atoms with Crippen molar-refractivity contribution in [2.75, 3.05) is 10.6 Å². The fourth-order valence-electron chi connectivity index (χ4n) is 2.45. The molecule has 3 rings (SSSR count). The van der Waals surface area contributed by atoms with Crippen molar-refractivity contribution in [3.05, 3.63) is 57.3 Å². The maximum atomic E-state index is 14.3. The predicted molar refractivity (Wildman–Crippen MR) is 79.6 cm³/mol. The zero-order chi connectivity index (χ0) is 14.3. The van der Waals surface area contributed by atoms with Crippen LogP contribution in [0.5, 0.6) is 0 Å². The monoisotopic (exact) mass is 331 g/mol. The van der Waals surface area contributed by atoms with Crippen LogP contribution in [-0.2, 0) is 13.1 Å². The Labute approximate surface area is 124 Å².